The lowest BCUT2D eigenvalue weighted by Crippen LogP contribution is -2.47. The molecule has 2 aromatic carbocycles. The number of halogens is 1. The summed E-state index contributed by atoms with van der Waals surface area (Å²) in [6.45, 7) is 0. The molecular formula is C16H15BrN2O3S3. The molecule has 1 aliphatic rings. The van der Waals surface area contributed by atoms with Gasteiger partial charge in [0.25, 0.3) is 15.9 Å². The van der Waals surface area contributed by atoms with E-state index in [2.05, 4.69) is 33.4 Å². The van der Waals surface area contributed by atoms with Crippen LogP contribution >= 0.6 is 40.3 Å². The third-order valence-corrected chi connectivity index (χ3v) is 7.23. The Morgan fingerprint density at radius 2 is 1.76 bits per heavy atom. The molecule has 2 atom stereocenters. The van der Waals surface area contributed by atoms with Crippen LogP contribution in [0.5, 0.6) is 0 Å². The summed E-state index contributed by atoms with van der Waals surface area (Å²) >= 11 is 9.04. The Hall–Kier alpha value is -1.00. The highest BCUT2D eigenvalue weighted by molar-refractivity contribution is 9.10. The van der Waals surface area contributed by atoms with Crippen LogP contribution in [0.3, 0.4) is 0 Å². The van der Waals surface area contributed by atoms with Gasteiger partial charge in [0.2, 0.25) is 0 Å². The van der Waals surface area contributed by atoms with Gasteiger partial charge in [0.1, 0.15) is 4.71 Å². The van der Waals surface area contributed by atoms with E-state index in [0.29, 0.717) is 6.42 Å². The normalized spacial score (nSPS) is 20.9. The van der Waals surface area contributed by atoms with Crippen molar-refractivity contribution in [1.29, 1.82) is 0 Å². The maximum atomic E-state index is 12.6. The highest BCUT2D eigenvalue weighted by Crippen LogP contribution is 2.35. The smallest absolute Gasteiger partial charge is 0.257 e. The number of sulfonamides is 1. The Labute approximate surface area is 164 Å². The number of nitrogens with zero attached hydrogens (tertiary/aromatic N) is 1. The predicted octanol–water partition coefficient (Wildman–Crippen LogP) is 3.04. The van der Waals surface area contributed by atoms with Gasteiger partial charge in [-0.3, -0.25) is 4.79 Å². The van der Waals surface area contributed by atoms with Gasteiger partial charge in [0.05, 0.1) is 10.1 Å². The van der Waals surface area contributed by atoms with Crippen LogP contribution in [0.15, 0.2) is 64.0 Å². The summed E-state index contributed by atoms with van der Waals surface area (Å²) in [5, 5.41) is 0.696. The topological polar surface area (TPSA) is 66.5 Å². The molecule has 3 rings (SSSR count). The van der Waals surface area contributed by atoms with E-state index in [0.717, 1.165) is 15.0 Å². The molecule has 0 aromatic heterocycles. The molecule has 0 bridgehead atoms. The number of amides is 1. The van der Waals surface area contributed by atoms with Crippen molar-refractivity contribution in [3.63, 3.8) is 0 Å². The molecule has 25 heavy (non-hydrogen) atoms. The monoisotopic (exact) mass is 458 g/mol. The summed E-state index contributed by atoms with van der Waals surface area (Å²) in [5.74, 6) is -0.299. The van der Waals surface area contributed by atoms with E-state index >= 15 is 0 Å². The Kier molecular flexibility index (Phi) is 5.79. The molecule has 1 unspecified atom stereocenters. The van der Waals surface area contributed by atoms with Gasteiger partial charge in [-0.25, -0.2) is 13.4 Å². The fourth-order valence-electron chi connectivity index (χ4n) is 2.37. The Morgan fingerprint density at radius 3 is 2.40 bits per heavy atom. The third kappa shape index (κ3) is 4.40. The van der Waals surface area contributed by atoms with E-state index in [4.69, 9.17) is 0 Å². The first-order valence-corrected chi connectivity index (χ1v) is 11.1. The molecule has 1 amide bonds. The lowest BCUT2D eigenvalue weighted by molar-refractivity contribution is -0.130. The minimum atomic E-state index is -3.82. The van der Waals surface area contributed by atoms with E-state index < -0.39 is 14.7 Å². The zero-order chi connectivity index (χ0) is 18.0. The Balaban J connectivity index is 1.73. The van der Waals surface area contributed by atoms with Gasteiger partial charge in [-0.2, -0.15) is 0 Å². The number of hydrazine groups is 1. The SMILES string of the molecule is O=C1[C@@H](Cc2ccc(Br)cc2)SC(S)N1NS(=O)(=O)c1ccccc1. The molecule has 1 aliphatic heterocycles. The van der Waals surface area contributed by atoms with Crippen LogP contribution in [0.4, 0.5) is 0 Å². The summed E-state index contributed by atoms with van der Waals surface area (Å²) in [5.41, 5.74) is 1.00. The van der Waals surface area contributed by atoms with Crippen molar-refractivity contribution < 1.29 is 13.2 Å². The fraction of sp³-hybridized carbons (Fsp3) is 0.188. The van der Waals surface area contributed by atoms with E-state index in [9.17, 15) is 13.2 Å². The number of carbonyl (C=O) groups is 1. The molecule has 132 valence electrons. The van der Waals surface area contributed by atoms with Gasteiger partial charge in [0.15, 0.2) is 0 Å². The maximum absolute atomic E-state index is 12.6. The molecule has 2 aromatic rings. The zero-order valence-corrected chi connectivity index (χ0v) is 17.0. The molecule has 1 fully saturated rings. The highest BCUT2D eigenvalue weighted by atomic mass is 79.9. The molecular weight excluding hydrogens is 444 g/mol. The minimum absolute atomic E-state index is 0.102. The zero-order valence-electron chi connectivity index (χ0n) is 12.9. The maximum Gasteiger partial charge on any atom is 0.257 e. The van der Waals surface area contributed by atoms with Gasteiger partial charge < -0.3 is 0 Å². The summed E-state index contributed by atoms with van der Waals surface area (Å²) in [7, 11) is -3.82. The third-order valence-electron chi connectivity index (χ3n) is 3.63. The van der Waals surface area contributed by atoms with Gasteiger partial charge in [0, 0.05) is 4.47 Å². The van der Waals surface area contributed by atoms with Crippen LogP contribution in [0.1, 0.15) is 5.56 Å². The van der Waals surface area contributed by atoms with Crippen molar-refractivity contribution in [2.24, 2.45) is 0 Å². The number of thioether (sulfide) groups is 1. The molecule has 0 saturated carbocycles. The standard InChI is InChI=1S/C16H15BrN2O3S3/c17-12-8-6-11(7-9-12)10-14-15(20)19(16(23)24-14)18-25(21,22)13-4-2-1-3-5-13/h1-9,14,16,18,23H,10H2/t14-,16?/m1/s1. The van der Waals surface area contributed by atoms with Crippen molar-refractivity contribution in [3.8, 4) is 0 Å². The molecule has 9 heteroatoms. The highest BCUT2D eigenvalue weighted by Gasteiger charge is 2.40. The Morgan fingerprint density at radius 1 is 1.12 bits per heavy atom. The van der Waals surface area contributed by atoms with Crippen molar-refractivity contribution in [2.45, 2.75) is 21.3 Å². The lowest BCUT2D eigenvalue weighted by Gasteiger charge is -2.20. The van der Waals surface area contributed by atoms with E-state index in [1.54, 1.807) is 18.2 Å². The molecule has 1 heterocycles. The molecule has 5 nitrogen and oxygen atoms in total. The molecule has 0 aliphatic carbocycles. The predicted molar refractivity (Wildman–Crippen MR) is 106 cm³/mol. The fourth-order valence-corrected chi connectivity index (χ4v) is 5.56. The number of rotatable bonds is 5. The average Bonchev–Trinajstić information content (AvgIpc) is 2.85. The van der Waals surface area contributed by atoms with Gasteiger partial charge in [-0.05, 0) is 36.2 Å². The van der Waals surface area contributed by atoms with E-state index in [1.807, 2.05) is 24.3 Å². The largest absolute Gasteiger partial charge is 0.272 e. The van der Waals surface area contributed by atoms with Gasteiger partial charge in [-0.15, -0.1) is 29.2 Å². The van der Waals surface area contributed by atoms with Crippen molar-refractivity contribution in [3.05, 3.63) is 64.6 Å². The number of hydrogen-bond acceptors (Lipinski definition) is 5. The van der Waals surface area contributed by atoms with E-state index in [-0.39, 0.29) is 16.1 Å². The quantitative estimate of drug-likeness (QED) is 0.675. The van der Waals surface area contributed by atoms with Gasteiger partial charge >= 0.3 is 0 Å². The summed E-state index contributed by atoms with van der Waals surface area (Å²) in [6, 6.07) is 15.6. The van der Waals surface area contributed by atoms with E-state index in [1.165, 1.54) is 23.9 Å². The first-order chi connectivity index (χ1) is 11.9. The van der Waals surface area contributed by atoms with Crippen molar-refractivity contribution in [2.75, 3.05) is 0 Å². The number of carbonyl (C=O) groups excluding carboxylic acids is 1. The number of thiol groups is 1. The van der Waals surface area contributed by atoms with Crippen LogP contribution in [-0.4, -0.2) is 29.3 Å². The summed E-state index contributed by atoms with van der Waals surface area (Å²) in [6.07, 6.45) is 0.511. The number of nitrogens with one attached hydrogen (secondary N) is 1. The summed E-state index contributed by atoms with van der Waals surface area (Å²) < 4.78 is 25.2. The van der Waals surface area contributed by atoms with Crippen molar-refractivity contribution in [1.82, 2.24) is 9.84 Å². The Bertz CT molecular complexity index is 860. The van der Waals surface area contributed by atoms with Crippen LogP contribution in [-0.2, 0) is 21.2 Å². The van der Waals surface area contributed by atoms with Crippen LogP contribution in [0.2, 0.25) is 0 Å². The second-order valence-electron chi connectivity index (χ2n) is 5.40. The van der Waals surface area contributed by atoms with Crippen LogP contribution < -0.4 is 4.83 Å². The van der Waals surface area contributed by atoms with Crippen LogP contribution in [0.25, 0.3) is 0 Å². The molecule has 0 spiro atoms. The summed E-state index contributed by atoms with van der Waals surface area (Å²) in [4.78, 5) is 15.1. The first kappa shape index (κ1) is 18.8. The second-order valence-corrected chi connectivity index (χ2v) is 10.1. The minimum Gasteiger partial charge on any atom is -0.272 e. The lowest BCUT2D eigenvalue weighted by atomic mass is 10.1. The number of hydrogen-bond donors (Lipinski definition) is 2. The van der Waals surface area contributed by atoms with Crippen LogP contribution in [0, 0.1) is 0 Å². The average molecular weight is 459 g/mol. The second kappa shape index (κ2) is 7.71. The molecule has 1 saturated heterocycles. The first-order valence-electron chi connectivity index (χ1n) is 7.35. The number of benzene rings is 2. The van der Waals surface area contributed by atoms with Gasteiger partial charge in [-0.1, -0.05) is 46.3 Å². The molecule has 0 radical (unpaired) electrons. The van der Waals surface area contributed by atoms with Crippen molar-refractivity contribution >= 4 is 56.3 Å². The molecule has 1 N–H and O–H groups in total.